The Hall–Kier alpha value is -1.19. The third-order valence-corrected chi connectivity index (χ3v) is 7.18. The summed E-state index contributed by atoms with van der Waals surface area (Å²) in [5.41, 5.74) is 1.07. The molecule has 1 fully saturated rings. The zero-order chi connectivity index (χ0) is 14.1. The third-order valence-electron chi connectivity index (χ3n) is 3.67. The fourth-order valence-electron chi connectivity index (χ4n) is 2.56. The Morgan fingerprint density at radius 1 is 1.20 bits per heavy atom. The molecule has 4 nitrogen and oxygen atoms in total. The van der Waals surface area contributed by atoms with E-state index < -0.39 is 7.51 Å². The van der Waals surface area contributed by atoms with Gasteiger partial charge in [0.15, 0.2) is 0 Å². The Kier molecular flexibility index (Phi) is 3.43. The van der Waals surface area contributed by atoms with E-state index >= 15 is 0 Å². The van der Waals surface area contributed by atoms with E-state index in [9.17, 15) is 0 Å². The van der Waals surface area contributed by atoms with Crippen molar-refractivity contribution in [3.8, 4) is 0 Å². The molecule has 1 aromatic rings. The number of fused-ring (bicyclic) bond motifs is 1. The minimum atomic E-state index is -3.59. The van der Waals surface area contributed by atoms with Crippen molar-refractivity contribution in [2.75, 3.05) is 14.2 Å². The molecule has 0 radical (unpaired) electrons. The molecule has 0 spiro atoms. The van der Waals surface area contributed by atoms with Crippen molar-refractivity contribution in [2.45, 2.75) is 18.7 Å². The van der Waals surface area contributed by atoms with Gasteiger partial charge >= 0.3 is 118 Å². The van der Waals surface area contributed by atoms with Crippen LogP contribution >= 0.6 is 7.51 Å². The summed E-state index contributed by atoms with van der Waals surface area (Å²) in [5.74, 6) is 0.796. The molecule has 20 heavy (non-hydrogen) atoms. The fourth-order valence-corrected chi connectivity index (χ4v) is 5.54. The van der Waals surface area contributed by atoms with E-state index in [-0.39, 0.29) is 6.10 Å². The first-order valence-electron chi connectivity index (χ1n) is 6.63. The van der Waals surface area contributed by atoms with E-state index in [1.807, 2.05) is 42.5 Å². The standard InChI is InChI=1S/C15H19O4P/c1-16-20(17-2,12-13-8-4-3-5-9-13)18-14-10-6-7-11-15(14)19-20/h3-10,15H,11-12H2,1-2H3. The molecule has 1 aliphatic heterocycles. The van der Waals surface area contributed by atoms with Gasteiger partial charge in [-0.05, 0) is 0 Å². The van der Waals surface area contributed by atoms with Gasteiger partial charge in [-0.3, -0.25) is 0 Å². The maximum absolute atomic E-state index is 6.19. The molecule has 1 saturated heterocycles. The van der Waals surface area contributed by atoms with Gasteiger partial charge in [-0.15, -0.1) is 0 Å². The van der Waals surface area contributed by atoms with Crippen LogP contribution in [0.25, 0.3) is 0 Å². The van der Waals surface area contributed by atoms with Crippen molar-refractivity contribution in [3.63, 3.8) is 0 Å². The van der Waals surface area contributed by atoms with Crippen LogP contribution in [0.5, 0.6) is 0 Å². The monoisotopic (exact) mass is 294 g/mol. The molecule has 3 rings (SSSR count). The van der Waals surface area contributed by atoms with E-state index in [4.69, 9.17) is 18.1 Å². The van der Waals surface area contributed by atoms with Crippen LogP contribution in [0.3, 0.4) is 0 Å². The first kappa shape index (κ1) is 13.8. The molecular formula is C15H19O4P. The summed E-state index contributed by atoms with van der Waals surface area (Å²) in [7, 11) is -0.406. The van der Waals surface area contributed by atoms with Gasteiger partial charge in [0.1, 0.15) is 0 Å². The average Bonchev–Trinajstić information content (AvgIpc) is 2.84. The topological polar surface area (TPSA) is 36.9 Å². The molecule has 1 aliphatic carbocycles. The quantitative estimate of drug-likeness (QED) is 0.788. The zero-order valence-electron chi connectivity index (χ0n) is 11.7. The van der Waals surface area contributed by atoms with E-state index in [1.54, 1.807) is 14.2 Å². The second-order valence-corrected chi connectivity index (χ2v) is 8.26. The van der Waals surface area contributed by atoms with Gasteiger partial charge in [0.25, 0.3) is 0 Å². The molecule has 1 heterocycles. The molecule has 1 atom stereocenters. The number of benzene rings is 1. The Morgan fingerprint density at radius 3 is 2.60 bits per heavy atom. The van der Waals surface area contributed by atoms with Gasteiger partial charge in [-0.25, -0.2) is 0 Å². The summed E-state index contributed by atoms with van der Waals surface area (Å²) in [5, 5.41) is 0. The minimum absolute atomic E-state index is 0.110. The molecule has 2 aliphatic rings. The van der Waals surface area contributed by atoms with Gasteiger partial charge in [0, 0.05) is 0 Å². The molecule has 1 aromatic carbocycles. The Balaban J connectivity index is 1.96. The van der Waals surface area contributed by atoms with E-state index in [0.717, 1.165) is 17.7 Å². The summed E-state index contributed by atoms with van der Waals surface area (Å²) in [4.78, 5) is 0. The van der Waals surface area contributed by atoms with Gasteiger partial charge in [-0.1, -0.05) is 0 Å². The van der Waals surface area contributed by atoms with Gasteiger partial charge in [-0.2, -0.15) is 0 Å². The molecule has 0 bridgehead atoms. The van der Waals surface area contributed by atoms with E-state index in [2.05, 4.69) is 6.08 Å². The fraction of sp³-hybridized carbons (Fsp3) is 0.333. The van der Waals surface area contributed by atoms with Gasteiger partial charge in [0.2, 0.25) is 0 Å². The van der Waals surface area contributed by atoms with Crippen LogP contribution in [0, 0.1) is 0 Å². The van der Waals surface area contributed by atoms with Gasteiger partial charge in [0.05, 0.1) is 0 Å². The third kappa shape index (κ3) is 2.19. The van der Waals surface area contributed by atoms with Crippen LogP contribution in [0.4, 0.5) is 0 Å². The Bertz CT molecular complexity index is 548. The molecule has 0 N–H and O–H groups in total. The van der Waals surface area contributed by atoms with E-state index in [1.165, 1.54) is 0 Å². The normalized spacial score (nSPS) is 27.8. The Morgan fingerprint density at radius 2 is 1.95 bits per heavy atom. The van der Waals surface area contributed by atoms with Crippen molar-refractivity contribution in [3.05, 3.63) is 59.9 Å². The number of hydrogen-bond donors (Lipinski definition) is 0. The average molecular weight is 294 g/mol. The van der Waals surface area contributed by atoms with Crippen LogP contribution in [0.1, 0.15) is 12.0 Å². The predicted molar refractivity (Wildman–Crippen MR) is 78.9 cm³/mol. The first-order chi connectivity index (χ1) is 9.69. The molecular weight excluding hydrogens is 275 g/mol. The molecule has 5 heteroatoms. The first-order valence-corrected chi connectivity index (χ1v) is 8.72. The van der Waals surface area contributed by atoms with E-state index in [0.29, 0.717) is 6.16 Å². The van der Waals surface area contributed by atoms with Crippen molar-refractivity contribution in [1.82, 2.24) is 0 Å². The summed E-state index contributed by atoms with van der Waals surface area (Å²) in [6.07, 6.45) is 7.10. The summed E-state index contributed by atoms with van der Waals surface area (Å²) >= 11 is 0. The number of allylic oxidation sites excluding steroid dienone is 2. The van der Waals surface area contributed by atoms with Crippen molar-refractivity contribution in [1.29, 1.82) is 0 Å². The van der Waals surface area contributed by atoms with Crippen molar-refractivity contribution in [2.24, 2.45) is 0 Å². The molecule has 0 aromatic heterocycles. The molecule has 0 amide bonds. The predicted octanol–water partition coefficient (Wildman–Crippen LogP) is 3.95. The van der Waals surface area contributed by atoms with Crippen LogP contribution in [0.2, 0.25) is 0 Å². The molecule has 1 unspecified atom stereocenters. The molecule has 108 valence electrons. The summed E-state index contributed by atoms with van der Waals surface area (Å²) in [6.45, 7) is 0. The summed E-state index contributed by atoms with van der Waals surface area (Å²) in [6, 6.07) is 9.99. The maximum atomic E-state index is 6.19. The van der Waals surface area contributed by atoms with Gasteiger partial charge < -0.3 is 0 Å². The van der Waals surface area contributed by atoms with Crippen LogP contribution in [-0.4, -0.2) is 20.3 Å². The zero-order valence-corrected chi connectivity index (χ0v) is 12.6. The SMILES string of the molecule is COP1(Cc2ccccc2)(OC)OC2=CC=CCC2O1. The number of hydrogen-bond acceptors (Lipinski definition) is 4. The Labute approximate surface area is 119 Å². The van der Waals surface area contributed by atoms with Crippen molar-refractivity contribution < 1.29 is 18.1 Å². The van der Waals surface area contributed by atoms with Crippen LogP contribution in [0.15, 0.2) is 54.3 Å². The molecule has 0 saturated carbocycles. The second-order valence-electron chi connectivity index (χ2n) is 4.89. The summed E-state index contributed by atoms with van der Waals surface area (Å²) < 4.78 is 23.8. The van der Waals surface area contributed by atoms with Crippen LogP contribution < -0.4 is 0 Å². The van der Waals surface area contributed by atoms with Crippen molar-refractivity contribution >= 4 is 7.51 Å². The number of rotatable bonds is 4. The second kappa shape index (κ2) is 4.97. The van der Waals surface area contributed by atoms with Crippen LogP contribution in [-0.2, 0) is 24.3 Å².